The number of hydrogen-bond donors (Lipinski definition) is 1. The topological polar surface area (TPSA) is 29.1 Å². The molecule has 2 heteroatoms. The standard InChI is InChI=1S/C16H21NO/c18-16(17-11-13-6-7-13)15-10-14(15)9-8-12-4-2-1-3-5-12/h1-5,13-15H,6-11H2,(H,17,18). The van der Waals surface area contributed by atoms with Crippen molar-refractivity contribution >= 4 is 5.91 Å². The maximum absolute atomic E-state index is 11.8. The third-order valence-corrected chi connectivity index (χ3v) is 4.17. The summed E-state index contributed by atoms with van der Waals surface area (Å²) in [5.74, 6) is 2.03. The molecule has 3 rings (SSSR count). The van der Waals surface area contributed by atoms with E-state index in [2.05, 4.69) is 35.6 Å². The van der Waals surface area contributed by atoms with Gasteiger partial charge in [0.25, 0.3) is 0 Å². The van der Waals surface area contributed by atoms with Crippen LogP contribution in [0, 0.1) is 17.8 Å². The van der Waals surface area contributed by atoms with Gasteiger partial charge >= 0.3 is 0 Å². The predicted molar refractivity (Wildman–Crippen MR) is 72.1 cm³/mol. The van der Waals surface area contributed by atoms with Gasteiger partial charge in [-0.15, -0.1) is 0 Å². The van der Waals surface area contributed by atoms with Gasteiger partial charge in [0.15, 0.2) is 0 Å². The summed E-state index contributed by atoms with van der Waals surface area (Å²) < 4.78 is 0. The van der Waals surface area contributed by atoms with Gasteiger partial charge in [-0.2, -0.15) is 0 Å². The summed E-state index contributed by atoms with van der Waals surface area (Å²) in [4.78, 5) is 11.8. The quantitative estimate of drug-likeness (QED) is 0.818. The first-order valence-corrected chi connectivity index (χ1v) is 7.14. The molecule has 2 atom stereocenters. The largest absolute Gasteiger partial charge is 0.356 e. The molecule has 2 nitrogen and oxygen atoms in total. The SMILES string of the molecule is O=C(NCC1CC1)C1CC1CCc1ccccc1. The predicted octanol–water partition coefficient (Wildman–Crippen LogP) is 2.78. The molecule has 2 aliphatic carbocycles. The van der Waals surface area contributed by atoms with Gasteiger partial charge in [0, 0.05) is 12.5 Å². The van der Waals surface area contributed by atoms with Gasteiger partial charge in [-0.05, 0) is 49.5 Å². The van der Waals surface area contributed by atoms with Crippen LogP contribution in [0.25, 0.3) is 0 Å². The Kier molecular flexibility index (Phi) is 3.35. The number of aryl methyl sites for hydroxylation is 1. The fourth-order valence-electron chi connectivity index (χ4n) is 2.58. The lowest BCUT2D eigenvalue weighted by atomic mass is 10.1. The molecule has 2 fully saturated rings. The number of rotatable bonds is 6. The van der Waals surface area contributed by atoms with Crippen molar-refractivity contribution in [3.63, 3.8) is 0 Å². The molecular formula is C16H21NO. The van der Waals surface area contributed by atoms with Crippen molar-refractivity contribution in [3.8, 4) is 0 Å². The second kappa shape index (κ2) is 5.13. The molecule has 0 radical (unpaired) electrons. The van der Waals surface area contributed by atoms with Crippen molar-refractivity contribution in [2.45, 2.75) is 32.1 Å². The molecule has 2 unspecified atom stereocenters. The Bertz CT molecular complexity index is 410. The van der Waals surface area contributed by atoms with Crippen molar-refractivity contribution in [2.24, 2.45) is 17.8 Å². The van der Waals surface area contributed by atoms with Gasteiger partial charge in [-0.25, -0.2) is 0 Å². The van der Waals surface area contributed by atoms with Crippen LogP contribution in [0.4, 0.5) is 0 Å². The maximum Gasteiger partial charge on any atom is 0.223 e. The Labute approximate surface area is 109 Å². The number of hydrogen-bond acceptors (Lipinski definition) is 1. The van der Waals surface area contributed by atoms with Crippen molar-refractivity contribution in [1.82, 2.24) is 5.32 Å². The first-order valence-electron chi connectivity index (χ1n) is 7.14. The summed E-state index contributed by atoms with van der Waals surface area (Å²) in [7, 11) is 0. The highest BCUT2D eigenvalue weighted by atomic mass is 16.2. The zero-order valence-corrected chi connectivity index (χ0v) is 10.8. The third kappa shape index (κ3) is 3.12. The van der Waals surface area contributed by atoms with Crippen LogP contribution < -0.4 is 5.32 Å². The average molecular weight is 243 g/mol. The highest BCUT2D eigenvalue weighted by molar-refractivity contribution is 5.81. The molecule has 0 bridgehead atoms. The minimum absolute atomic E-state index is 0.306. The summed E-state index contributed by atoms with van der Waals surface area (Å²) in [5.41, 5.74) is 1.39. The Morgan fingerprint density at radius 2 is 2.00 bits per heavy atom. The highest BCUT2D eigenvalue weighted by Crippen LogP contribution is 2.42. The molecule has 0 spiro atoms. The fraction of sp³-hybridized carbons (Fsp3) is 0.562. The van der Waals surface area contributed by atoms with Gasteiger partial charge in [0.05, 0.1) is 0 Å². The first-order chi connectivity index (χ1) is 8.83. The van der Waals surface area contributed by atoms with Crippen LogP contribution in [0.5, 0.6) is 0 Å². The first kappa shape index (κ1) is 11.8. The minimum atomic E-state index is 0.306. The second-order valence-electron chi connectivity index (χ2n) is 5.82. The van der Waals surface area contributed by atoms with E-state index < -0.39 is 0 Å². The monoisotopic (exact) mass is 243 g/mol. The molecule has 1 aromatic rings. The Hall–Kier alpha value is -1.31. The minimum Gasteiger partial charge on any atom is -0.356 e. The van der Waals surface area contributed by atoms with Crippen LogP contribution >= 0.6 is 0 Å². The smallest absolute Gasteiger partial charge is 0.223 e. The molecule has 0 heterocycles. The summed E-state index contributed by atoms with van der Waals surface area (Å²) in [6.45, 7) is 0.917. The van der Waals surface area contributed by atoms with Gasteiger partial charge < -0.3 is 5.32 Å². The van der Waals surface area contributed by atoms with E-state index >= 15 is 0 Å². The molecule has 1 amide bonds. The Balaban J connectivity index is 1.37. The summed E-state index contributed by atoms with van der Waals surface area (Å²) in [6, 6.07) is 10.6. The zero-order chi connectivity index (χ0) is 12.4. The molecule has 2 aliphatic rings. The van der Waals surface area contributed by atoms with Crippen molar-refractivity contribution in [1.29, 1.82) is 0 Å². The highest BCUT2D eigenvalue weighted by Gasteiger charge is 2.42. The van der Waals surface area contributed by atoms with Gasteiger partial charge in [-0.3, -0.25) is 4.79 Å². The van der Waals surface area contributed by atoms with Gasteiger partial charge in [0.2, 0.25) is 5.91 Å². The van der Waals surface area contributed by atoms with E-state index in [-0.39, 0.29) is 0 Å². The molecule has 0 aromatic heterocycles. The summed E-state index contributed by atoms with van der Waals surface area (Å²) in [6.07, 6.45) is 5.98. The lowest BCUT2D eigenvalue weighted by Gasteiger charge is -2.03. The zero-order valence-electron chi connectivity index (χ0n) is 10.8. The van der Waals surface area contributed by atoms with Crippen molar-refractivity contribution in [3.05, 3.63) is 35.9 Å². The number of carbonyl (C=O) groups excluding carboxylic acids is 1. The molecule has 0 aliphatic heterocycles. The van der Waals surface area contributed by atoms with Crippen LogP contribution in [0.3, 0.4) is 0 Å². The molecule has 18 heavy (non-hydrogen) atoms. The third-order valence-electron chi connectivity index (χ3n) is 4.17. The van der Waals surface area contributed by atoms with Crippen LogP contribution in [-0.2, 0) is 11.2 Å². The van der Waals surface area contributed by atoms with Gasteiger partial charge in [-0.1, -0.05) is 30.3 Å². The van der Waals surface area contributed by atoms with Gasteiger partial charge in [0.1, 0.15) is 0 Å². The van der Waals surface area contributed by atoms with E-state index in [9.17, 15) is 4.79 Å². The van der Waals surface area contributed by atoms with Crippen molar-refractivity contribution < 1.29 is 4.79 Å². The molecule has 96 valence electrons. The van der Waals surface area contributed by atoms with Crippen molar-refractivity contribution in [2.75, 3.05) is 6.54 Å². The molecule has 0 saturated heterocycles. The molecule has 1 aromatic carbocycles. The molecular weight excluding hydrogens is 222 g/mol. The van der Waals surface area contributed by atoms with E-state index in [1.165, 1.54) is 18.4 Å². The summed E-state index contributed by atoms with van der Waals surface area (Å²) in [5, 5.41) is 3.10. The summed E-state index contributed by atoms with van der Waals surface area (Å²) >= 11 is 0. The fourth-order valence-corrected chi connectivity index (χ4v) is 2.58. The lowest BCUT2D eigenvalue weighted by molar-refractivity contribution is -0.122. The number of benzene rings is 1. The number of carbonyl (C=O) groups is 1. The van der Waals surface area contributed by atoms with E-state index in [4.69, 9.17) is 0 Å². The normalized spacial score (nSPS) is 25.8. The van der Waals surface area contributed by atoms with E-state index in [0.717, 1.165) is 31.7 Å². The Morgan fingerprint density at radius 3 is 2.72 bits per heavy atom. The van der Waals surface area contributed by atoms with Crippen LogP contribution in [0.1, 0.15) is 31.2 Å². The second-order valence-corrected chi connectivity index (χ2v) is 5.82. The lowest BCUT2D eigenvalue weighted by Crippen LogP contribution is -2.27. The van der Waals surface area contributed by atoms with Crippen LogP contribution in [0.2, 0.25) is 0 Å². The average Bonchev–Trinajstić information content (AvgIpc) is 3.28. The molecule has 2 saturated carbocycles. The van der Waals surface area contributed by atoms with E-state index in [1.807, 2.05) is 0 Å². The van der Waals surface area contributed by atoms with Crippen LogP contribution in [-0.4, -0.2) is 12.5 Å². The number of nitrogens with one attached hydrogen (secondary N) is 1. The van der Waals surface area contributed by atoms with E-state index in [1.54, 1.807) is 0 Å². The Morgan fingerprint density at radius 1 is 1.22 bits per heavy atom. The number of amides is 1. The molecule has 1 N–H and O–H groups in total. The maximum atomic E-state index is 11.8. The van der Waals surface area contributed by atoms with E-state index in [0.29, 0.717) is 17.7 Å². The van der Waals surface area contributed by atoms with Crippen LogP contribution in [0.15, 0.2) is 30.3 Å².